The van der Waals surface area contributed by atoms with Crippen LogP contribution in [0.5, 0.6) is 0 Å². The van der Waals surface area contributed by atoms with E-state index in [9.17, 15) is 28.1 Å². The lowest BCUT2D eigenvalue weighted by Crippen LogP contribution is -2.57. The number of carboxylic acids is 1. The van der Waals surface area contributed by atoms with E-state index in [0.29, 0.717) is 0 Å². The van der Waals surface area contributed by atoms with Gasteiger partial charge in [0.2, 0.25) is 10.4 Å². The summed E-state index contributed by atoms with van der Waals surface area (Å²) in [7, 11) is -5.15. The fourth-order valence-corrected chi connectivity index (χ4v) is 2.24. The maximum atomic E-state index is 10.9. The summed E-state index contributed by atoms with van der Waals surface area (Å²) in [5.74, 6) is -1.54. The highest BCUT2D eigenvalue weighted by Gasteiger charge is 2.46. The fraction of sp³-hybridized carbons (Fsp3) is 0.833. The van der Waals surface area contributed by atoms with Crippen LogP contribution >= 0.6 is 12.3 Å². The van der Waals surface area contributed by atoms with E-state index in [-0.39, 0.29) is 12.3 Å². The average molecular weight is 336 g/mol. The van der Waals surface area contributed by atoms with Gasteiger partial charge in [-0.15, -0.1) is 4.33 Å². The van der Waals surface area contributed by atoms with Gasteiger partial charge in [-0.25, -0.2) is 13.2 Å². The van der Waals surface area contributed by atoms with E-state index >= 15 is 0 Å². The van der Waals surface area contributed by atoms with Crippen LogP contribution in [0.15, 0.2) is 0 Å². The third-order valence-electron chi connectivity index (χ3n) is 2.15. The van der Waals surface area contributed by atoms with Gasteiger partial charge in [0.05, 0.1) is 6.61 Å². The van der Waals surface area contributed by atoms with Crippen LogP contribution < -0.4 is 5.26 Å². The molecule has 2 unspecified atom stereocenters. The van der Waals surface area contributed by atoms with Crippen LogP contribution in [0.25, 0.3) is 0 Å². The molecule has 1 rings (SSSR count). The van der Waals surface area contributed by atoms with Gasteiger partial charge in [0.15, 0.2) is 18.4 Å². The predicted molar refractivity (Wildman–Crippen MR) is 52.6 cm³/mol. The van der Waals surface area contributed by atoms with Crippen molar-refractivity contribution in [1.29, 1.82) is 0 Å². The molecule has 4 atom stereocenters. The highest BCUT2D eigenvalue weighted by atomic mass is 32.3. The van der Waals surface area contributed by atoms with Crippen molar-refractivity contribution in [1.82, 2.24) is 0 Å². The summed E-state index contributed by atoms with van der Waals surface area (Å²) in [5, 5.41) is 31.0. The maximum absolute atomic E-state index is 10.9. The summed E-state index contributed by atoms with van der Waals surface area (Å²) >= 11 is -0.116. The van der Waals surface area contributed by atoms with Crippen LogP contribution in [-0.4, -0.2) is 60.2 Å². The van der Waals surface area contributed by atoms with Gasteiger partial charge in [-0.05, 0) is 0 Å². The van der Waals surface area contributed by atoms with Crippen molar-refractivity contribution in [2.24, 2.45) is 0 Å². The molecular formula is C6H8O12S2-2. The summed E-state index contributed by atoms with van der Waals surface area (Å²) in [6.45, 7) is -0.678. The molecule has 0 aromatic carbocycles. The molecule has 0 bridgehead atoms. The van der Waals surface area contributed by atoms with Gasteiger partial charge in [-0.1, -0.05) is 0 Å². The van der Waals surface area contributed by atoms with E-state index < -0.39 is 47.4 Å². The third-order valence-corrected chi connectivity index (χ3v) is 3.04. The molecule has 0 aromatic rings. The predicted octanol–water partition coefficient (Wildman–Crippen LogP) is -3.15. The Morgan fingerprint density at radius 3 is 2.60 bits per heavy atom. The molecule has 0 saturated carbocycles. The number of rotatable bonds is 7. The molecule has 0 spiro atoms. The zero-order valence-corrected chi connectivity index (χ0v) is 10.9. The van der Waals surface area contributed by atoms with E-state index in [1.165, 1.54) is 0 Å². The lowest BCUT2D eigenvalue weighted by atomic mass is 10.0. The maximum Gasteiger partial charge on any atom is 0.335 e. The Bertz CT molecular complexity index is 422. The first-order valence-electron chi connectivity index (χ1n) is 4.71. The van der Waals surface area contributed by atoms with E-state index in [4.69, 9.17) is 9.84 Å². The summed E-state index contributed by atoms with van der Waals surface area (Å²) < 4.78 is 48.3. The molecule has 0 aromatic heterocycles. The first-order chi connectivity index (χ1) is 9.26. The Kier molecular flexibility index (Phi) is 6.52. The van der Waals surface area contributed by atoms with Crippen molar-refractivity contribution in [3.05, 3.63) is 0 Å². The van der Waals surface area contributed by atoms with Gasteiger partial charge >= 0.3 is 5.97 Å². The van der Waals surface area contributed by atoms with E-state index in [0.717, 1.165) is 0 Å². The van der Waals surface area contributed by atoms with Gasteiger partial charge in [0.25, 0.3) is 0 Å². The van der Waals surface area contributed by atoms with E-state index in [2.05, 4.69) is 17.7 Å². The molecule has 1 aliphatic rings. The van der Waals surface area contributed by atoms with Gasteiger partial charge in [0.1, 0.15) is 18.3 Å². The summed E-state index contributed by atoms with van der Waals surface area (Å²) in [6, 6.07) is 0. The van der Waals surface area contributed by atoms with Crippen molar-refractivity contribution in [2.45, 2.75) is 24.4 Å². The minimum Gasteiger partial charge on any atom is -0.726 e. The largest absolute Gasteiger partial charge is 0.726 e. The molecule has 20 heavy (non-hydrogen) atoms. The van der Waals surface area contributed by atoms with E-state index in [1.54, 1.807) is 0 Å². The second kappa shape index (κ2) is 7.46. The molecule has 14 heteroatoms. The number of hydrogen-bond acceptors (Lipinski definition) is 12. The Labute approximate surface area is 116 Å². The number of carbonyl (C=O) groups is 1. The Morgan fingerprint density at radius 1 is 1.45 bits per heavy atom. The first kappa shape index (κ1) is 17.5. The zero-order chi connectivity index (χ0) is 15.3. The monoisotopic (exact) mass is 336 g/mol. The fourth-order valence-electron chi connectivity index (χ4n) is 1.41. The van der Waals surface area contributed by atoms with Crippen LogP contribution in [-0.2, 0) is 37.7 Å². The minimum absolute atomic E-state index is 0.116. The summed E-state index contributed by atoms with van der Waals surface area (Å²) in [5.41, 5.74) is 0. The normalized spacial score (nSPS) is 31.1. The van der Waals surface area contributed by atoms with Crippen LogP contribution in [0.3, 0.4) is 0 Å². The van der Waals surface area contributed by atoms with Crippen molar-refractivity contribution < 1.29 is 55.7 Å². The molecule has 1 fully saturated rings. The lowest BCUT2D eigenvalue weighted by Gasteiger charge is -2.36. The highest BCUT2D eigenvalue weighted by molar-refractivity contribution is 7.89. The Morgan fingerprint density at radius 2 is 2.10 bits per heavy atom. The number of aliphatic carboxylic acids is 1. The lowest BCUT2D eigenvalue weighted by molar-refractivity contribution is -0.777. The van der Waals surface area contributed by atoms with Crippen molar-refractivity contribution in [3.63, 3.8) is 0 Å². The van der Waals surface area contributed by atoms with Crippen molar-refractivity contribution in [3.8, 4) is 0 Å². The van der Waals surface area contributed by atoms with Crippen LogP contribution in [0, 0.1) is 0 Å². The third kappa shape index (κ3) is 5.09. The van der Waals surface area contributed by atoms with Crippen molar-refractivity contribution >= 4 is 28.7 Å². The minimum atomic E-state index is -5.15. The van der Waals surface area contributed by atoms with Crippen LogP contribution in [0.2, 0.25) is 0 Å². The molecule has 0 radical (unpaired) electrons. The van der Waals surface area contributed by atoms with E-state index in [1.807, 2.05) is 0 Å². The second-order valence-electron chi connectivity index (χ2n) is 3.39. The molecule has 0 amide bonds. The number of aliphatic hydroxyl groups excluding tert-OH is 1. The first-order valence-corrected chi connectivity index (χ1v) is 6.71. The Hall–Kier alpha value is -0.550. The molecular weight excluding hydrogens is 328 g/mol. The molecule has 1 heterocycles. The van der Waals surface area contributed by atoms with Gasteiger partial charge in [0, 0.05) is 0 Å². The molecule has 1 aliphatic heterocycles. The topological polar surface area (TPSA) is 184 Å². The smallest absolute Gasteiger partial charge is 0.335 e. The second-order valence-corrected chi connectivity index (χ2v) is 4.86. The average Bonchev–Trinajstić information content (AvgIpc) is 2.32. The molecule has 12 nitrogen and oxygen atoms in total. The highest BCUT2D eigenvalue weighted by Crippen LogP contribution is 2.25. The molecule has 0 aliphatic carbocycles. The SMILES string of the molecule is O=C(O)C1OCC(OS(=O)(=O)[O-])[C@@H](O)[C@H]1OSOO[O-]. The standard InChI is InChI=1S/C6H10O12S2/c7-3-2(16-20(11,12)13)1-14-5(6(8)9)4(3)15-19-18-17-10/h2-5,7,10H,1H2,(H,8,9)(H,11,12,13)/p-2/t2?,3-,4-,5?/m1/s1. The van der Waals surface area contributed by atoms with Gasteiger partial charge in [-0.3, -0.25) is 13.4 Å². The summed E-state index contributed by atoms with van der Waals surface area (Å²) in [6.07, 6.45) is -6.92. The molecule has 118 valence electrons. The Balaban J connectivity index is 2.77. The van der Waals surface area contributed by atoms with Crippen molar-refractivity contribution in [2.75, 3.05) is 6.61 Å². The number of ether oxygens (including phenoxy) is 1. The molecule has 1 saturated heterocycles. The number of aliphatic hydroxyl groups is 1. The van der Waals surface area contributed by atoms with Gasteiger partial charge < -0.3 is 24.8 Å². The quantitative estimate of drug-likeness (QED) is 0.119. The van der Waals surface area contributed by atoms with Crippen LogP contribution in [0.1, 0.15) is 0 Å². The van der Waals surface area contributed by atoms with Crippen LogP contribution in [0.4, 0.5) is 0 Å². The van der Waals surface area contributed by atoms with Gasteiger partial charge in [-0.2, -0.15) is 0 Å². The zero-order valence-electron chi connectivity index (χ0n) is 9.31. The molecule has 2 N–H and O–H groups in total. The number of hydrogen-bond donors (Lipinski definition) is 2. The summed E-state index contributed by atoms with van der Waals surface area (Å²) in [4.78, 5) is 10.9. The number of carboxylic acid groups (broad SMARTS) is 1.